The first-order valence-electron chi connectivity index (χ1n) is 6.00. The second-order valence-electron chi connectivity index (χ2n) is 4.59. The molecule has 1 saturated carbocycles. The molecule has 92 valence electrons. The Morgan fingerprint density at radius 2 is 2.00 bits per heavy atom. The molecule has 1 fully saturated rings. The van der Waals surface area contributed by atoms with Crippen LogP contribution in [0.2, 0.25) is 0 Å². The van der Waals surface area contributed by atoms with Crippen LogP contribution in [0.25, 0.3) is 0 Å². The quantitative estimate of drug-likeness (QED) is 0.796. The summed E-state index contributed by atoms with van der Waals surface area (Å²) in [6, 6.07) is 8.23. The molecule has 1 aliphatic rings. The zero-order chi connectivity index (χ0) is 12.4. The van der Waals surface area contributed by atoms with Crippen LogP contribution in [0.15, 0.2) is 24.3 Å². The molecule has 1 amide bonds. The van der Waals surface area contributed by atoms with Crippen molar-refractivity contribution in [2.24, 2.45) is 11.5 Å². The van der Waals surface area contributed by atoms with Crippen LogP contribution < -0.4 is 16.4 Å². The first-order chi connectivity index (χ1) is 8.13. The molecular formula is C13H19N3O. The van der Waals surface area contributed by atoms with Crippen LogP contribution in [0.3, 0.4) is 0 Å². The number of benzene rings is 1. The number of rotatable bonds is 5. The summed E-state index contributed by atoms with van der Waals surface area (Å²) in [7, 11) is 0. The molecule has 0 aliphatic heterocycles. The van der Waals surface area contributed by atoms with E-state index < -0.39 is 0 Å². The lowest BCUT2D eigenvalue weighted by Crippen LogP contribution is -2.44. The van der Waals surface area contributed by atoms with E-state index in [1.165, 1.54) is 0 Å². The Balaban J connectivity index is 2.22. The molecule has 2 rings (SSSR count). The average molecular weight is 233 g/mol. The molecule has 17 heavy (non-hydrogen) atoms. The number of primary amides is 1. The smallest absolute Gasteiger partial charge is 0.239 e. The second kappa shape index (κ2) is 4.75. The van der Waals surface area contributed by atoms with Crippen molar-refractivity contribution in [1.82, 2.24) is 0 Å². The summed E-state index contributed by atoms with van der Waals surface area (Å²) < 4.78 is 0. The molecule has 1 atom stereocenters. The Morgan fingerprint density at radius 3 is 2.41 bits per heavy atom. The van der Waals surface area contributed by atoms with Crippen molar-refractivity contribution in [3.05, 3.63) is 29.8 Å². The molecule has 0 heterocycles. The predicted octanol–water partition coefficient (Wildman–Crippen LogP) is 0.988. The molecule has 4 heteroatoms. The second-order valence-corrected chi connectivity index (χ2v) is 4.59. The number of hydrogen-bond acceptors (Lipinski definition) is 3. The van der Waals surface area contributed by atoms with Gasteiger partial charge in [-0.05, 0) is 37.5 Å². The van der Waals surface area contributed by atoms with Gasteiger partial charge < -0.3 is 16.4 Å². The lowest BCUT2D eigenvalue weighted by Gasteiger charge is -2.29. The number of carbonyl (C=O) groups is 1. The molecule has 0 saturated heterocycles. The molecule has 1 aromatic rings. The van der Waals surface area contributed by atoms with Gasteiger partial charge in [0, 0.05) is 18.3 Å². The van der Waals surface area contributed by atoms with E-state index in [-0.39, 0.29) is 11.9 Å². The zero-order valence-electron chi connectivity index (χ0n) is 10.1. The lowest BCUT2D eigenvalue weighted by molar-refractivity contribution is -0.119. The van der Waals surface area contributed by atoms with Crippen LogP contribution in [0.5, 0.6) is 0 Å². The molecule has 0 bridgehead atoms. The minimum atomic E-state index is -0.278. The van der Waals surface area contributed by atoms with E-state index in [4.69, 9.17) is 11.5 Å². The lowest BCUT2D eigenvalue weighted by atomic mass is 10.1. The molecule has 0 spiro atoms. The Labute approximate surface area is 102 Å². The number of anilines is 1. The van der Waals surface area contributed by atoms with Gasteiger partial charge in [-0.25, -0.2) is 0 Å². The van der Waals surface area contributed by atoms with Gasteiger partial charge in [0.2, 0.25) is 5.91 Å². The van der Waals surface area contributed by atoms with E-state index in [1.54, 1.807) is 0 Å². The van der Waals surface area contributed by atoms with E-state index in [2.05, 4.69) is 4.90 Å². The summed E-state index contributed by atoms with van der Waals surface area (Å²) in [4.78, 5) is 13.4. The van der Waals surface area contributed by atoms with Crippen molar-refractivity contribution in [1.29, 1.82) is 0 Å². The Kier molecular flexibility index (Phi) is 3.33. The summed E-state index contributed by atoms with van der Waals surface area (Å²) in [6.07, 6.45) is 2.27. The van der Waals surface area contributed by atoms with Crippen molar-refractivity contribution in [3.8, 4) is 0 Å². The zero-order valence-corrected chi connectivity index (χ0v) is 10.1. The van der Waals surface area contributed by atoms with Crippen LogP contribution in [0, 0.1) is 0 Å². The van der Waals surface area contributed by atoms with E-state index >= 15 is 0 Å². The molecule has 4 N–H and O–H groups in total. The Morgan fingerprint density at radius 1 is 1.41 bits per heavy atom. The Bertz CT molecular complexity index is 398. The Hall–Kier alpha value is -1.55. The van der Waals surface area contributed by atoms with Crippen molar-refractivity contribution < 1.29 is 4.79 Å². The van der Waals surface area contributed by atoms with Gasteiger partial charge in [-0.3, -0.25) is 4.79 Å². The molecule has 0 radical (unpaired) electrons. The molecule has 1 aromatic carbocycles. The van der Waals surface area contributed by atoms with Crippen molar-refractivity contribution >= 4 is 11.6 Å². The largest absolute Gasteiger partial charge is 0.368 e. The third-order valence-corrected chi connectivity index (χ3v) is 3.24. The van der Waals surface area contributed by atoms with Gasteiger partial charge in [0.25, 0.3) is 0 Å². The number of hydrogen-bond donors (Lipinski definition) is 2. The third-order valence-electron chi connectivity index (χ3n) is 3.24. The van der Waals surface area contributed by atoms with Crippen LogP contribution >= 0.6 is 0 Å². The predicted molar refractivity (Wildman–Crippen MR) is 68.5 cm³/mol. The van der Waals surface area contributed by atoms with Gasteiger partial charge in [-0.2, -0.15) is 0 Å². The van der Waals surface area contributed by atoms with Crippen molar-refractivity contribution in [3.63, 3.8) is 0 Å². The normalized spacial score (nSPS) is 16.6. The van der Waals surface area contributed by atoms with E-state index in [9.17, 15) is 4.79 Å². The summed E-state index contributed by atoms with van der Waals surface area (Å²) in [5, 5.41) is 0. The number of nitrogens with two attached hydrogens (primary N) is 2. The minimum Gasteiger partial charge on any atom is -0.368 e. The minimum absolute atomic E-state index is 0.258. The van der Waals surface area contributed by atoms with E-state index in [1.807, 2.05) is 31.2 Å². The SMILES string of the molecule is CC(C(N)=O)N(c1ccc(CN)cc1)C1CC1. The highest BCUT2D eigenvalue weighted by Gasteiger charge is 2.34. The first-order valence-corrected chi connectivity index (χ1v) is 6.00. The van der Waals surface area contributed by atoms with Crippen LogP contribution in [0.4, 0.5) is 5.69 Å². The highest BCUT2D eigenvalue weighted by molar-refractivity contribution is 5.83. The van der Waals surface area contributed by atoms with Gasteiger partial charge in [-0.15, -0.1) is 0 Å². The standard InChI is InChI=1S/C13H19N3O/c1-9(13(15)17)16(12-6-7-12)11-4-2-10(8-14)3-5-11/h2-5,9,12H,6-8,14H2,1H3,(H2,15,17). The first kappa shape index (κ1) is 11.9. The number of carbonyl (C=O) groups excluding carboxylic acids is 1. The van der Waals surface area contributed by atoms with Crippen molar-refractivity contribution in [2.45, 2.75) is 38.4 Å². The number of amides is 1. The molecule has 1 aliphatic carbocycles. The van der Waals surface area contributed by atoms with Gasteiger partial charge >= 0.3 is 0 Å². The van der Waals surface area contributed by atoms with E-state index in [0.717, 1.165) is 24.1 Å². The summed E-state index contributed by atoms with van der Waals surface area (Å²) in [6.45, 7) is 2.40. The molecular weight excluding hydrogens is 214 g/mol. The fraction of sp³-hybridized carbons (Fsp3) is 0.462. The maximum Gasteiger partial charge on any atom is 0.239 e. The summed E-state index contributed by atoms with van der Waals surface area (Å²) in [5.41, 5.74) is 13.1. The maximum atomic E-state index is 11.3. The van der Waals surface area contributed by atoms with Gasteiger partial charge in [-0.1, -0.05) is 12.1 Å². The summed E-state index contributed by atoms with van der Waals surface area (Å²) >= 11 is 0. The van der Waals surface area contributed by atoms with Crippen LogP contribution in [-0.2, 0) is 11.3 Å². The van der Waals surface area contributed by atoms with Gasteiger partial charge in [0.05, 0.1) is 0 Å². The third kappa shape index (κ3) is 2.58. The highest BCUT2D eigenvalue weighted by atomic mass is 16.1. The molecule has 1 unspecified atom stereocenters. The molecule has 0 aromatic heterocycles. The van der Waals surface area contributed by atoms with Gasteiger partial charge in [0.1, 0.15) is 6.04 Å². The highest BCUT2D eigenvalue weighted by Crippen LogP contribution is 2.33. The van der Waals surface area contributed by atoms with E-state index in [0.29, 0.717) is 12.6 Å². The van der Waals surface area contributed by atoms with Gasteiger partial charge in [0.15, 0.2) is 0 Å². The fourth-order valence-electron chi connectivity index (χ4n) is 2.04. The fourth-order valence-corrected chi connectivity index (χ4v) is 2.04. The van der Waals surface area contributed by atoms with Crippen molar-refractivity contribution in [2.75, 3.05) is 4.90 Å². The average Bonchev–Trinajstić information content (AvgIpc) is 3.14. The number of nitrogens with zero attached hydrogens (tertiary/aromatic N) is 1. The van der Waals surface area contributed by atoms with Crippen LogP contribution in [0.1, 0.15) is 25.3 Å². The monoisotopic (exact) mass is 233 g/mol. The topological polar surface area (TPSA) is 72.4 Å². The van der Waals surface area contributed by atoms with Crippen LogP contribution in [-0.4, -0.2) is 18.0 Å². The maximum absolute atomic E-state index is 11.3. The summed E-state index contributed by atoms with van der Waals surface area (Å²) in [5.74, 6) is -0.278. The molecule has 4 nitrogen and oxygen atoms in total.